The maximum Gasteiger partial charge on any atom is 0.244 e. The number of sulfone groups is 1. The summed E-state index contributed by atoms with van der Waals surface area (Å²) in [5.74, 6) is 0.143. The lowest BCUT2D eigenvalue weighted by Crippen LogP contribution is -2.57. The van der Waals surface area contributed by atoms with Gasteiger partial charge in [-0.05, 0) is 34.0 Å². The first kappa shape index (κ1) is 16.9. The van der Waals surface area contributed by atoms with Crippen molar-refractivity contribution in [2.24, 2.45) is 5.92 Å². The molecule has 1 aromatic rings. The molecule has 1 heterocycles. The van der Waals surface area contributed by atoms with Gasteiger partial charge in [-0.2, -0.15) is 4.31 Å². The first-order chi connectivity index (χ1) is 9.64. The second-order valence-electron chi connectivity index (χ2n) is 5.60. The van der Waals surface area contributed by atoms with E-state index in [1.165, 1.54) is 10.4 Å². The summed E-state index contributed by atoms with van der Waals surface area (Å²) in [7, 11) is -6.86. The van der Waals surface area contributed by atoms with Gasteiger partial charge in [-0.25, -0.2) is 16.8 Å². The van der Waals surface area contributed by atoms with Gasteiger partial charge >= 0.3 is 0 Å². The summed E-state index contributed by atoms with van der Waals surface area (Å²) in [6.07, 6.45) is 0. The standard InChI is InChI=1S/C13H18BrNO4S2/c1-10(2)9-20(16,17)11-7-15(8-11)21(18,19)13-6-4-3-5-12(13)14/h3-6,10-11H,7-9H2,1-2H3. The Morgan fingerprint density at radius 3 is 2.29 bits per heavy atom. The third kappa shape index (κ3) is 3.49. The van der Waals surface area contributed by atoms with E-state index >= 15 is 0 Å². The van der Waals surface area contributed by atoms with Crippen LogP contribution in [0.15, 0.2) is 33.6 Å². The van der Waals surface area contributed by atoms with Crippen LogP contribution in [0.5, 0.6) is 0 Å². The number of halogens is 1. The second-order valence-corrected chi connectivity index (χ2v) is 10.7. The van der Waals surface area contributed by atoms with E-state index in [1.54, 1.807) is 18.2 Å². The molecule has 21 heavy (non-hydrogen) atoms. The third-order valence-corrected chi connectivity index (χ3v) is 8.63. The molecule has 0 bridgehead atoms. The zero-order valence-corrected chi connectivity index (χ0v) is 15.1. The van der Waals surface area contributed by atoms with Crippen LogP contribution < -0.4 is 0 Å². The molecule has 0 unspecified atom stereocenters. The molecule has 1 aliphatic rings. The molecular formula is C13H18BrNO4S2. The van der Waals surface area contributed by atoms with Gasteiger partial charge < -0.3 is 0 Å². The highest BCUT2D eigenvalue weighted by atomic mass is 79.9. The van der Waals surface area contributed by atoms with Gasteiger partial charge in [-0.15, -0.1) is 0 Å². The number of nitrogens with zero attached hydrogens (tertiary/aromatic N) is 1. The van der Waals surface area contributed by atoms with Crippen LogP contribution in [0.2, 0.25) is 0 Å². The Morgan fingerprint density at radius 2 is 1.76 bits per heavy atom. The van der Waals surface area contributed by atoms with Crippen molar-refractivity contribution in [3.8, 4) is 0 Å². The molecule has 118 valence electrons. The molecule has 0 amide bonds. The monoisotopic (exact) mass is 395 g/mol. The molecule has 1 aliphatic heterocycles. The molecular weight excluding hydrogens is 378 g/mol. The Balaban J connectivity index is 2.13. The molecule has 0 atom stereocenters. The van der Waals surface area contributed by atoms with Gasteiger partial charge in [0.2, 0.25) is 10.0 Å². The second kappa shape index (κ2) is 5.98. The summed E-state index contributed by atoms with van der Waals surface area (Å²) in [6.45, 7) is 3.76. The fourth-order valence-electron chi connectivity index (χ4n) is 2.22. The van der Waals surface area contributed by atoms with E-state index in [1.807, 2.05) is 13.8 Å². The topological polar surface area (TPSA) is 71.5 Å². The van der Waals surface area contributed by atoms with Crippen LogP contribution in [0.25, 0.3) is 0 Å². The lowest BCUT2D eigenvalue weighted by Gasteiger charge is -2.37. The molecule has 1 aromatic carbocycles. The minimum absolute atomic E-state index is 0.0404. The fraction of sp³-hybridized carbons (Fsp3) is 0.538. The molecule has 0 aromatic heterocycles. The average Bonchev–Trinajstić information content (AvgIpc) is 2.23. The highest BCUT2D eigenvalue weighted by Gasteiger charge is 2.43. The van der Waals surface area contributed by atoms with Crippen molar-refractivity contribution in [3.63, 3.8) is 0 Å². The van der Waals surface area contributed by atoms with Crippen molar-refractivity contribution in [2.45, 2.75) is 24.0 Å². The lowest BCUT2D eigenvalue weighted by molar-refractivity contribution is 0.309. The molecule has 2 rings (SSSR count). The quantitative estimate of drug-likeness (QED) is 0.762. The lowest BCUT2D eigenvalue weighted by atomic mass is 10.3. The number of rotatable bonds is 5. The zero-order valence-electron chi connectivity index (χ0n) is 11.9. The third-order valence-electron chi connectivity index (χ3n) is 3.34. The van der Waals surface area contributed by atoms with Gasteiger partial charge in [0.15, 0.2) is 9.84 Å². The Labute approximate surface area is 134 Å². The summed E-state index contributed by atoms with van der Waals surface area (Å²) < 4.78 is 50.7. The predicted molar refractivity (Wildman–Crippen MR) is 85.3 cm³/mol. The smallest absolute Gasteiger partial charge is 0.228 e. The summed E-state index contributed by atoms with van der Waals surface area (Å²) in [5, 5.41) is -0.586. The summed E-state index contributed by atoms with van der Waals surface area (Å²) in [5.41, 5.74) is 0. The van der Waals surface area contributed by atoms with Crippen LogP contribution in [-0.4, -0.2) is 45.2 Å². The van der Waals surface area contributed by atoms with Crippen molar-refractivity contribution in [1.29, 1.82) is 0 Å². The van der Waals surface area contributed by atoms with Crippen molar-refractivity contribution >= 4 is 35.8 Å². The highest BCUT2D eigenvalue weighted by Crippen LogP contribution is 2.30. The fourth-order valence-corrected chi connectivity index (χ4v) is 6.92. The number of sulfonamides is 1. The van der Waals surface area contributed by atoms with Gasteiger partial charge in [0.25, 0.3) is 0 Å². The van der Waals surface area contributed by atoms with Crippen LogP contribution in [-0.2, 0) is 19.9 Å². The Bertz CT molecular complexity index is 722. The van der Waals surface area contributed by atoms with E-state index in [4.69, 9.17) is 0 Å². The van der Waals surface area contributed by atoms with E-state index in [0.29, 0.717) is 4.47 Å². The molecule has 0 aliphatic carbocycles. The zero-order chi connectivity index (χ0) is 15.8. The maximum atomic E-state index is 12.4. The van der Waals surface area contributed by atoms with Gasteiger partial charge in [0.1, 0.15) is 0 Å². The number of benzene rings is 1. The van der Waals surface area contributed by atoms with E-state index < -0.39 is 25.1 Å². The van der Waals surface area contributed by atoms with E-state index in [2.05, 4.69) is 15.9 Å². The van der Waals surface area contributed by atoms with E-state index in [9.17, 15) is 16.8 Å². The van der Waals surface area contributed by atoms with Crippen LogP contribution in [0.3, 0.4) is 0 Å². The molecule has 5 nitrogen and oxygen atoms in total. The number of hydrogen-bond acceptors (Lipinski definition) is 4. The largest absolute Gasteiger partial charge is 0.244 e. The van der Waals surface area contributed by atoms with Gasteiger partial charge in [-0.3, -0.25) is 0 Å². The molecule has 8 heteroatoms. The molecule has 1 fully saturated rings. The summed E-state index contributed by atoms with van der Waals surface area (Å²) >= 11 is 3.22. The first-order valence-corrected chi connectivity index (χ1v) is 10.6. The molecule has 0 saturated carbocycles. The van der Waals surface area contributed by atoms with Gasteiger partial charge in [0.05, 0.1) is 15.9 Å². The molecule has 0 spiro atoms. The van der Waals surface area contributed by atoms with Crippen molar-refractivity contribution in [2.75, 3.05) is 18.8 Å². The number of hydrogen-bond donors (Lipinski definition) is 0. The minimum atomic E-state index is -3.63. The Morgan fingerprint density at radius 1 is 1.19 bits per heavy atom. The average molecular weight is 396 g/mol. The van der Waals surface area contributed by atoms with E-state index in [-0.39, 0.29) is 29.7 Å². The van der Waals surface area contributed by atoms with Crippen LogP contribution >= 0.6 is 15.9 Å². The Kier molecular flexibility index (Phi) is 4.82. The van der Waals surface area contributed by atoms with Gasteiger partial charge in [0, 0.05) is 17.6 Å². The Hall–Kier alpha value is -0.440. The summed E-state index contributed by atoms with van der Waals surface area (Å²) in [6, 6.07) is 6.54. The van der Waals surface area contributed by atoms with Crippen molar-refractivity contribution in [1.82, 2.24) is 4.31 Å². The minimum Gasteiger partial charge on any atom is -0.228 e. The SMILES string of the molecule is CC(C)CS(=O)(=O)C1CN(S(=O)(=O)c2ccccc2Br)C1. The van der Waals surface area contributed by atoms with Gasteiger partial charge in [-0.1, -0.05) is 26.0 Å². The molecule has 0 radical (unpaired) electrons. The van der Waals surface area contributed by atoms with Crippen LogP contribution in [0, 0.1) is 5.92 Å². The highest BCUT2D eigenvalue weighted by molar-refractivity contribution is 9.10. The predicted octanol–water partition coefficient (Wildman–Crippen LogP) is 1.89. The van der Waals surface area contributed by atoms with Crippen molar-refractivity contribution < 1.29 is 16.8 Å². The molecule has 1 saturated heterocycles. The van der Waals surface area contributed by atoms with Crippen LogP contribution in [0.4, 0.5) is 0 Å². The van der Waals surface area contributed by atoms with E-state index in [0.717, 1.165) is 0 Å². The van der Waals surface area contributed by atoms with Crippen molar-refractivity contribution in [3.05, 3.63) is 28.7 Å². The maximum absolute atomic E-state index is 12.4. The van der Waals surface area contributed by atoms with Crippen LogP contribution in [0.1, 0.15) is 13.8 Å². The molecule has 0 N–H and O–H groups in total. The normalized spacial score (nSPS) is 17.9. The summed E-state index contributed by atoms with van der Waals surface area (Å²) in [4.78, 5) is 0.171. The first-order valence-electron chi connectivity index (χ1n) is 6.61.